The van der Waals surface area contributed by atoms with E-state index in [9.17, 15) is 4.79 Å². The second kappa shape index (κ2) is 9.27. The van der Waals surface area contributed by atoms with Gasteiger partial charge in [-0.15, -0.1) is 11.3 Å². The van der Waals surface area contributed by atoms with Gasteiger partial charge >= 0.3 is 0 Å². The van der Waals surface area contributed by atoms with E-state index in [0.717, 1.165) is 53.1 Å². The highest BCUT2D eigenvalue weighted by Gasteiger charge is 2.30. The Morgan fingerprint density at radius 1 is 0.938 bits per heavy atom. The Morgan fingerprint density at radius 3 is 2.34 bits per heavy atom. The van der Waals surface area contributed by atoms with Crippen LogP contribution in [0.3, 0.4) is 0 Å². The molecule has 162 valence electrons. The molecule has 1 fully saturated rings. The number of amides is 1. The summed E-state index contributed by atoms with van der Waals surface area (Å²) in [6.45, 7) is 5.07. The van der Waals surface area contributed by atoms with Gasteiger partial charge in [-0.05, 0) is 55.0 Å². The van der Waals surface area contributed by atoms with E-state index in [1.165, 1.54) is 11.1 Å². The molecule has 0 atom stereocenters. The molecule has 0 aliphatic carbocycles. The number of hydrogen-bond acceptors (Lipinski definition) is 3. The van der Waals surface area contributed by atoms with Crippen molar-refractivity contribution in [2.24, 2.45) is 0 Å². The van der Waals surface area contributed by atoms with Crippen LogP contribution in [0.4, 0.5) is 5.69 Å². The van der Waals surface area contributed by atoms with Crippen LogP contribution in [0, 0.1) is 6.92 Å². The maximum atomic E-state index is 13.8. The summed E-state index contributed by atoms with van der Waals surface area (Å²) in [5, 5.41) is 1.14. The maximum absolute atomic E-state index is 13.8. The van der Waals surface area contributed by atoms with Gasteiger partial charge in [0.25, 0.3) is 5.91 Å². The fourth-order valence-electron chi connectivity index (χ4n) is 4.58. The van der Waals surface area contributed by atoms with Crippen molar-refractivity contribution < 1.29 is 4.79 Å². The number of rotatable bonds is 5. The van der Waals surface area contributed by atoms with Gasteiger partial charge in [-0.2, -0.15) is 0 Å². The summed E-state index contributed by atoms with van der Waals surface area (Å²) in [5.74, 6) is 0.122. The van der Waals surface area contributed by atoms with Gasteiger partial charge < -0.3 is 4.90 Å². The molecule has 0 radical (unpaired) electrons. The van der Waals surface area contributed by atoms with Crippen LogP contribution >= 0.6 is 11.3 Å². The van der Waals surface area contributed by atoms with Crippen LogP contribution < -0.4 is 4.90 Å². The minimum atomic E-state index is 0.122. The average Bonchev–Trinajstić information content (AvgIpc) is 3.27. The number of piperidine rings is 1. The summed E-state index contributed by atoms with van der Waals surface area (Å²) in [6.07, 6.45) is 1.97. The van der Waals surface area contributed by atoms with E-state index in [2.05, 4.69) is 83.5 Å². The molecule has 4 aromatic rings. The summed E-state index contributed by atoms with van der Waals surface area (Å²) in [6, 6.07) is 29.5. The third-order valence-electron chi connectivity index (χ3n) is 6.34. The zero-order chi connectivity index (χ0) is 21.9. The van der Waals surface area contributed by atoms with Gasteiger partial charge in [-0.3, -0.25) is 9.69 Å². The minimum absolute atomic E-state index is 0.122. The maximum Gasteiger partial charge on any atom is 0.268 e. The molecule has 32 heavy (non-hydrogen) atoms. The molecule has 3 aromatic carbocycles. The molecule has 1 amide bonds. The zero-order valence-corrected chi connectivity index (χ0v) is 19.2. The van der Waals surface area contributed by atoms with E-state index in [0.29, 0.717) is 0 Å². The van der Waals surface area contributed by atoms with Gasteiger partial charge in [0.15, 0.2) is 0 Å². The normalized spacial score (nSPS) is 15.2. The average molecular weight is 441 g/mol. The van der Waals surface area contributed by atoms with E-state index < -0.39 is 0 Å². The highest BCUT2D eigenvalue weighted by molar-refractivity contribution is 7.20. The SMILES string of the molecule is Cc1ccc(N(C(=O)c2cc3ccccc3s2)C2CCN(Cc3ccccc3)CC2)cc1. The van der Waals surface area contributed by atoms with Crippen molar-refractivity contribution in [3.63, 3.8) is 0 Å². The summed E-state index contributed by atoms with van der Waals surface area (Å²) >= 11 is 1.60. The summed E-state index contributed by atoms with van der Waals surface area (Å²) < 4.78 is 1.16. The van der Waals surface area contributed by atoms with Crippen LogP contribution in [0.2, 0.25) is 0 Å². The predicted molar refractivity (Wildman–Crippen MR) is 135 cm³/mol. The van der Waals surface area contributed by atoms with E-state index >= 15 is 0 Å². The van der Waals surface area contributed by atoms with Crippen LogP contribution in [0.5, 0.6) is 0 Å². The van der Waals surface area contributed by atoms with Crippen LogP contribution in [0.15, 0.2) is 84.9 Å². The lowest BCUT2D eigenvalue weighted by Crippen LogP contribution is -2.47. The lowest BCUT2D eigenvalue weighted by molar-refractivity contribution is 0.0962. The molecule has 2 heterocycles. The molecule has 3 nitrogen and oxygen atoms in total. The molecule has 1 aliphatic heterocycles. The first-order valence-electron chi connectivity index (χ1n) is 11.3. The number of carbonyl (C=O) groups excluding carboxylic acids is 1. The van der Waals surface area contributed by atoms with Crippen molar-refractivity contribution in [1.82, 2.24) is 4.90 Å². The molecular formula is C28H28N2OS. The number of thiophene rings is 1. The van der Waals surface area contributed by atoms with Crippen LogP contribution in [-0.4, -0.2) is 29.9 Å². The third-order valence-corrected chi connectivity index (χ3v) is 7.44. The smallest absolute Gasteiger partial charge is 0.268 e. The Balaban J connectivity index is 1.38. The number of likely N-dealkylation sites (tertiary alicyclic amines) is 1. The Morgan fingerprint density at radius 2 is 1.62 bits per heavy atom. The molecule has 0 spiro atoms. The topological polar surface area (TPSA) is 23.6 Å². The van der Waals surface area contributed by atoms with Crippen LogP contribution in [-0.2, 0) is 6.54 Å². The van der Waals surface area contributed by atoms with E-state index in [-0.39, 0.29) is 11.9 Å². The predicted octanol–water partition coefficient (Wildman–Crippen LogP) is 6.52. The van der Waals surface area contributed by atoms with Crippen molar-refractivity contribution in [1.29, 1.82) is 0 Å². The van der Waals surface area contributed by atoms with Gasteiger partial charge in [0.2, 0.25) is 0 Å². The Labute approximate surface area is 193 Å². The van der Waals surface area contributed by atoms with Crippen molar-refractivity contribution in [2.75, 3.05) is 18.0 Å². The Bertz CT molecular complexity index is 1160. The molecule has 0 saturated carbocycles. The van der Waals surface area contributed by atoms with Crippen molar-refractivity contribution >= 4 is 33.0 Å². The molecule has 5 rings (SSSR count). The summed E-state index contributed by atoms with van der Waals surface area (Å²) in [7, 11) is 0. The molecule has 1 aliphatic rings. The molecular weight excluding hydrogens is 412 g/mol. The summed E-state index contributed by atoms with van der Waals surface area (Å²) in [5.41, 5.74) is 3.56. The molecule has 0 bridgehead atoms. The highest BCUT2D eigenvalue weighted by Crippen LogP contribution is 2.31. The summed E-state index contributed by atoms with van der Waals surface area (Å²) in [4.78, 5) is 19.2. The largest absolute Gasteiger partial charge is 0.305 e. The second-order valence-electron chi connectivity index (χ2n) is 8.65. The van der Waals surface area contributed by atoms with Gasteiger partial charge in [0.1, 0.15) is 0 Å². The fourth-order valence-corrected chi connectivity index (χ4v) is 5.58. The number of carbonyl (C=O) groups is 1. The van der Waals surface area contributed by atoms with Crippen molar-refractivity contribution in [3.8, 4) is 0 Å². The molecule has 1 saturated heterocycles. The Kier molecular flexibility index (Phi) is 6.06. The number of hydrogen-bond donors (Lipinski definition) is 0. The number of anilines is 1. The van der Waals surface area contributed by atoms with E-state index in [1.54, 1.807) is 11.3 Å². The molecule has 1 aromatic heterocycles. The highest BCUT2D eigenvalue weighted by atomic mass is 32.1. The van der Waals surface area contributed by atoms with Gasteiger partial charge in [0.05, 0.1) is 4.88 Å². The van der Waals surface area contributed by atoms with Gasteiger partial charge in [-0.1, -0.05) is 66.2 Å². The quantitative estimate of drug-likeness (QED) is 0.353. The van der Waals surface area contributed by atoms with E-state index in [4.69, 9.17) is 0 Å². The molecule has 4 heteroatoms. The van der Waals surface area contributed by atoms with Crippen molar-refractivity contribution in [2.45, 2.75) is 32.4 Å². The first-order chi connectivity index (χ1) is 15.7. The third kappa shape index (κ3) is 4.47. The molecule has 0 N–H and O–H groups in total. The lowest BCUT2D eigenvalue weighted by Gasteiger charge is -2.38. The van der Waals surface area contributed by atoms with Crippen LogP contribution in [0.1, 0.15) is 33.6 Å². The monoisotopic (exact) mass is 440 g/mol. The molecule has 0 unspecified atom stereocenters. The van der Waals surface area contributed by atoms with Gasteiger partial charge in [-0.25, -0.2) is 0 Å². The van der Waals surface area contributed by atoms with E-state index in [1.807, 2.05) is 18.2 Å². The number of benzene rings is 3. The first-order valence-corrected chi connectivity index (χ1v) is 12.1. The van der Waals surface area contributed by atoms with Crippen molar-refractivity contribution in [3.05, 3.63) is 101 Å². The number of aryl methyl sites for hydroxylation is 1. The fraction of sp³-hybridized carbons (Fsp3) is 0.250. The van der Waals surface area contributed by atoms with Crippen LogP contribution in [0.25, 0.3) is 10.1 Å². The standard InChI is InChI=1S/C28H28N2OS/c1-21-11-13-24(14-12-21)30(28(31)27-19-23-9-5-6-10-26(23)32-27)25-15-17-29(18-16-25)20-22-7-3-2-4-8-22/h2-14,19,25H,15-18,20H2,1H3. The second-order valence-corrected chi connectivity index (χ2v) is 9.74. The van der Waals surface area contributed by atoms with Gasteiger partial charge in [0, 0.05) is 36.1 Å². The minimum Gasteiger partial charge on any atom is -0.305 e. The first kappa shape index (κ1) is 20.9. The number of fused-ring (bicyclic) bond motifs is 1. The Hall–Kier alpha value is -2.95. The zero-order valence-electron chi connectivity index (χ0n) is 18.4. The number of nitrogens with zero attached hydrogens (tertiary/aromatic N) is 2. The lowest BCUT2D eigenvalue weighted by atomic mass is 10.0.